The fourth-order valence-corrected chi connectivity index (χ4v) is 4.64. The van der Waals surface area contributed by atoms with Gasteiger partial charge in [0.15, 0.2) is 0 Å². The summed E-state index contributed by atoms with van der Waals surface area (Å²) in [7, 11) is -3.79. The summed E-state index contributed by atoms with van der Waals surface area (Å²) in [6.07, 6.45) is 1.06. The average Bonchev–Trinajstić information content (AvgIpc) is 2.73. The van der Waals surface area contributed by atoms with E-state index in [1.54, 1.807) is 44.2 Å². The third-order valence-corrected chi connectivity index (χ3v) is 7.32. The van der Waals surface area contributed by atoms with Crippen LogP contribution in [0.4, 0.5) is 5.69 Å². The molecule has 0 aliphatic heterocycles. The van der Waals surface area contributed by atoms with Crippen LogP contribution in [0.25, 0.3) is 0 Å². The van der Waals surface area contributed by atoms with Gasteiger partial charge in [-0.1, -0.05) is 41.4 Å². The van der Waals surface area contributed by atoms with Crippen LogP contribution < -0.4 is 9.62 Å². The smallest absolute Gasteiger partial charge is 0.244 e. The van der Waals surface area contributed by atoms with Crippen molar-refractivity contribution in [2.75, 3.05) is 17.1 Å². The maximum atomic E-state index is 13.5. The number of nitrogens with zero attached hydrogens (tertiary/aromatic N) is 2. The van der Waals surface area contributed by atoms with Crippen LogP contribution in [0.2, 0.25) is 10.0 Å². The van der Waals surface area contributed by atoms with E-state index in [9.17, 15) is 18.0 Å². The number of benzene rings is 2. The highest BCUT2D eigenvalue weighted by atomic mass is 35.5. The van der Waals surface area contributed by atoms with E-state index in [0.717, 1.165) is 21.7 Å². The molecule has 0 spiro atoms. The van der Waals surface area contributed by atoms with E-state index in [2.05, 4.69) is 5.32 Å². The highest BCUT2D eigenvalue weighted by Gasteiger charge is 2.31. The van der Waals surface area contributed by atoms with Gasteiger partial charge in [0.25, 0.3) is 0 Å². The molecule has 0 aliphatic carbocycles. The van der Waals surface area contributed by atoms with Crippen molar-refractivity contribution in [3.05, 3.63) is 63.1 Å². The number of carbonyl (C=O) groups is 2. The van der Waals surface area contributed by atoms with Crippen LogP contribution in [0, 0.1) is 13.8 Å². The number of sulfonamides is 1. The lowest BCUT2D eigenvalue weighted by Gasteiger charge is -2.32. The number of anilines is 1. The van der Waals surface area contributed by atoms with Gasteiger partial charge < -0.3 is 10.2 Å². The zero-order chi connectivity index (χ0) is 25.8. The molecule has 2 amide bonds. The number of hydrogen-bond acceptors (Lipinski definition) is 4. The van der Waals surface area contributed by atoms with Crippen LogP contribution in [-0.2, 0) is 26.2 Å². The van der Waals surface area contributed by atoms with Crippen LogP contribution in [0.5, 0.6) is 0 Å². The lowest BCUT2D eigenvalue weighted by molar-refractivity contribution is -0.139. The first-order valence-electron chi connectivity index (χ1n) is 10.8. The first-order valence-corrected chi connectivity index (χ1v) is 13.4. The van der Waals surface area contributed by atoms with E-state index in [1.807, 2.05) is 26.8 Å². The Morgan fingerprint density at radius 3 is 2.24 bits per heavy atom. The molecule has 0 aliphatic rings. The highest BCUT2D eigenvalue weighted by molar-refractivity contribution is 7.92. The molecular weight excluding hydrogens is 497 g/mol. The summed E-state index contributed by atoms with van der Waals surface area (Å²) in [5, 5.41) is 3.49. The van der Waals surface area contributed by atoms with Crippen LogP contribution in [-0.4, -0.2) is 50.0 Å². The van der Waals surface area contributed by atoms with Crippen molar-refractivity contribution in [3.63, 3.8) is 0 Å². The van der Waals surface area contributed by atoms with Crippen molar-refractivity contribution in [1.82, 2.24) is 10.2 Å². The molecule has 2 rings (SSSR count). The fraction of sp³-hybridized carbons (Fsp3) is 0.417. The number of aryl methyl sites for hydroxylation is 1. The minimum atomic E-state index is -3.79. The standard InChI is InChI=1S/C24H31Cl2N3O4S/c1-15(2)27-24(31)18(5)28(13-19-10-11-20(25)21(26)12-19)23(30)14-29(34(6,32)33)22-9-7-8-16(3)17(22)4/h7-12,15,18H,13-14H2,1-6H3,(H,27,31). The summed E-state index contributed by atoms with van der Waals surface area (Å²) in [6.45, 7) is 8.52. The molecule has 34 heavy (non-hydrogen) atoms. The summed E-state index contributed by atoms with van der Waals surface area (Å²) in [5.74, 6) is -0.870. The Hall–Kier alpha value is -2.29. The number of rotatable bonds is 9. The molecule has 1 atom stereocenters. The van der Waals surface area contributed by atoms with E-state index in [1.165, 1.54) is 4.90 Å². The van der Waals surface area contributed by atoms with Crippen molar-refractivity contribution >= 4 is 50.7 Å². The number of halogens is 2. The fourth-order valence-electron chi connectivity index (χ4n) is 3.42. The maximum absolute atomic E-state index is 13.5. The zero-order valence-electron chi connectivity index (χ0n) is 20.2. The predicted octanol–water partition coefficient (Wildman–Crippen LogP) is 4.32. The number of amides is 2. The van der Waals surface area contributed by atoms with E-state index >= 15 is 0 Å². The van der Waals surface area contributed by atoms with E-state index in [0.29, 0.717) is 21.3 Å². The first kappa shape index (κ1) is 28.0. The van der Waals surface area contributed by atoms with Gasteiger partial charge in [-0.05, 0) is 69.5 Å². The molecule has 10 heteroatoms. The zero-order valence-corrected chi connectivity index (χ0v) is 22.6. The molecule has 0 fully saturated rings. The lowest BCUT2D eigenvalue weighted by atomic mass is 10.1. The van der Waals surface area contributed by atoms with Crippen molar-refractivity contribution in [2.24, 2.45) is 0 Å². The minimum Gasteiger partial charge on any atom is -0.352 e. The maximum Gasteiger partial charge on any atom is 0.244 e. The minimum absolute atomic E-state index is 0.0484. The predicted molar refractivity (Wildman–Crippen MR) is 138 cm³/mol. The molecular formula is C24H31Cl2N3O4S. The normalized spacial score (nSPS) is 12.4. The van der Waals surface area contributed by atoms with Gasteiger partial charge in [-0.3, -0.25) is 13.9 Å². The second-order valence-corrected chi connectivity index (χ2v) is 11.3. The molecule has 7 nitrogen and oxygen atoms in total. The van der Waals surface area contributed by atoms with Crippen LogP contribution in [0.15, 0.2) is 36.4 Å². The summed E-state index contributed by atoms with van der Waals surface area (Å²) >= 11 is 12.2. The second kappa shape index (κ2) is 11.4. The number of nitrogens with one attached hydrogen (secondary N) is 1. The summed E-state index contributed by atoms with van der Waals surface area (Å²) in [4.78, 5) is 27.7. The molecule has 2 aromatic rings. The van der Waals surface area contributed by atoms with E-state index in [-0.39, 0.29) is 18.5 Å². The Morgan fingerprint density at radius 1 is 1.03 bits per heavy atom. The number of hydrogen-bond donors (Lipinski definition) is 1. The van der Waals surface area contributed by atoms with Crippen LogP contribution >= 0.6 is 23.2 Å². The lowest BCUT2D eigenvalue weighted by Crippen LogP contribution is -2.52. The topological polar surface area (TPSA) is 86.8 Å². The van der Waals surface area contributed by atoms with Crippen molar-refractivity contribution in [1.29, 1.82) is 0 Å². The van der Waals surface area contributed by atoms with E-state index in [4.69, 9.17) is 23.2 Å². The van der Waals surface area contributed by atoms with Crippen molar-refractivity contribution < 1.29 is 18.0 Å². The third kappa shape index (κ3) is 7.10. The molecule has 2 aromatic carbocycles. The number of carbonyl (C=O) groups excluding carboxylic acids is 2. The van der Waals surface area contributed by atoms with Gasteiger partial charge in [0.2, 0.25) is 21.8 Å². The molecule has 0 saturated heterocycles. The molecule has 0 heterocycles. The summed E-state index contributed by atoms with van der Waals surface area (Å²) < 4.78 is 26.4. The van der Waals surface area contributed by atoms with Crippen LogP contribution in [0.3, 0.4) is 0 Å². The van der Waals surface area contributed by atoms with Gasteiger partial charge in [0, 0.05) is 12.6 Å². The van der Waals surface area contributed by atoms with Crippen LogP contribution in [0.1, 0.15) is 37.5 Å². The summed E-state index contributed by atoms with van der Waals surface area (Å²) in [6, 6.07) is 9.23. The Kier molecular flexibility index (Phi) is 9.39. The van der Waals surface area contributed by atoms with Gasteiger partial charge in [-0.15, -0.1) is 0 Å². The first-order chi connectivity index (χ1) is 15.7. The Bertz CT molecular complexity index is 1170. The molecule has 0 radical (unpaired) electrons. The van der Waals surface area contributed by atoms with Gasteiger partial charge in [-0.2, -0.15) is 0 Å². The monoisotopic (exact) mass is 527 g/mol. The quantitative estimate of drug-likeness (QED) is 0.526. The third-order valence-electron chi connectivity index (χ3n) is 5.46. The molecule has 0 aromatic heterocycles. The molecule has 0 saturated carbocycles. The second-order valence-electron chi connectivity index (χ2n) is 8.60. The SMILES string of the molecule is Cc1cccc(N(CC(=O)N(Cc2ccc(Cl)c(Cl)c2)C(C)C(=O)NC(C)C)S(C)(=O)=O)c1C. The van der Waals surface area contributed by atoms with E-state index < -0.39 is 28.5 Å². The Balaban J connectivity index is 2.46. The van der Waals surface area contributed by atoms with Crippen molar-refractivity contribution in [2.45, 2.75) is 53.2 Å². The molecule has 186 valence electrons. The molecule has 1 unspecified atom stereocenters. The van der Waals surface area contributed by atoms with Gasteiger partial charge in [0.1, 0.15) is 12.6 Å². The highest BCUT2D eigenvalue weighted by Crippen LogP contribution is 2.26. The van der Waals surface area contributed by atoms with Gasteiger partial charge in [0.05, 0.1) is 22.0 Å². The Labute approximate surface area is 212 Å². The summed E-state index contributed by atoms with van der Waals surface area (Å²) in [5.41, 5.74) is 2.73. The average molecular weight is 529 g/mol. The largest absolute Gasteiger partial charge is 0.352 e. The van der Waals surface area contributed by atoms with Gasteiger partial charge >= 0.3 is 0 Å². The van der Waals surface area contributed by atoms with Crippen molar-refractivity contribution in [3.8, 4) is 0 Å². The Morgan fingerprint density at radius 2 is 1.68 bits per heavy atom. The molecule has 1 N–H and O–H groups in total. The van der Waals surface area contributed by atoms with Gasteiger partial charge in [-0.25, -0.2) is 8.42 Å². The molecule has 0 bridgehead atoms.